The van der Waals surface area contributed by atoms with Crippen LogP contribution >= 0.6 is 0 Å². The minimum atomic E-state index is -2.89. The lowest BCUT2D eigenvalue weighted by molar-refractivity contribution is 0.230. The number of hydrogen-bond donors (Lipinski definition) is 1. The molecule has 0 bridgehead atoms. The van der Waals surface area contributed by atoms with Gasteiger partial charge in [0.2, 0.25) is 0 Å². The van der Waals surface area contributed by atoms with Crippen LogP contribution in [0.1, 0.15) is 6.42 Å². The quantitative estimate of drug-likeness (QED) is 0.760. The highest BCUT2D eigenvalue weighted by Crippen LogP contribution is 2.24. The Balaban J connectivity index is 2.08. The summed E-state index contributed by atoms with van der Waals surface area (Å²) in [6.45, 7) is 0. The maximum atomic E-state index is 11.2. The molecule has 2 rings (SSSR count). The standard InChI is InChI=1S/C10H13NO3S/c11-9-3-1-2-4-10(9)14-8-5-6-15(12,13)7-8/h1-4,8H,5-7,11H2. The van der Waals surface area contributed by atoms with Crippen molar-refractivity contribution in [1.82, 2.24) is 0 Å². The molecule has 1 unspecified atom stereocenters. The van der Waals surface area contributed by atoms with Gasteiger partial charge < -0.3 is 10.5 Å². The molecule has 1 fully saturated rings. The van der Waals surface area contributed by atoms with Gasteiger partial charge in [0.15, 0.2) is 9.84 Å². The van der Waals surface area contributed by atoms with E-state index in [4.69, 9.17) is 10.5 Å². The molecule has 0 saturated carbocycles. The SMILES string of the molecule is Nc1ccccc1OC1CCS(=O)(=O)C1. The summed E-state index contributed by atoms with van der Waals surface area (Å²) in [6.07, 6.45) is 0.302. The van der Waals surface area contributed by atoms with Crippen molar-refractivity contribution in [2.24, 2.45) is 0 Å². The van der Waals surface area contributed by atoms with Crippen LogP contribution in [0.5, 0.6) is 5.75 Å². The molecule has 0 aliphatic carbocycles. The molecule has 1 aliphatic heterocycles. The van der Waals surface area contributed by atoms with Crippen LogP contribution < -0.4 is 10.5 Å². The predicted molar refractivity (Wildman–Crippen MR) is 58.5 cm³/mol. The van der Waals surface area contributed by atoms with Gasteiger partial charge in [-0.25, -0.2) is 8.42 Å². The summed E-state index contributed by atoms with van der Waals surface area (Å²) >= 11 is 0. The average molecular weight is 227 g/mol. The zero-order valence-corrected chi connectivity index (χ0v) is 9.03. The monoisotopic (exact) mass is 227 g/mol. The molecule has 82 valence electrons. The topological polar surface area (TPSA) is 69.4 Å². The Hall–Kier alpha value is -1.23. The van der Waals surface area contributed by atoms with E-state index >= 15 is 0 Å². The lowest BCUT2D eigenvalue weighted by Gasteiger charge is -2.13. The summed E-state index contributed by atoms with van der Waals surface area (Å²) in [5, 5.41) is 0. The van der Waals surface area contributed by atoms with E-state index in [1.807, 2.05) is 12.1 Å². The smallest absolute Gasteiger partial charge is 0.154 e. The second-order valence-corrected chi connectivity index (χ2v) is 5.91. The van der Waals surface area contributed by atoms with Crippen LogP contribution in [0, 0.1) is 0 Å². The van der Waals surface area contributed by atoms with Crippen molar-refractivity contribution in [2.75, 3.05) is 17.2 Å². The molecular weight excluding hydrogens is 214 g/mol. The first-order valence-corrected chi connectivity index (χ1v) is 6.60. The predicted octanol–water partition coefficient (Wildman–Crippen LogP) is 0.835. The Morgan fingerprint density at radius 3 is 2.67 bits per heavy atom. The molecule has 2 N–H and O–H groups in total. The molecule has 0 aromatic heterocycles. The van der Waals surface area contributed by atoms with Crippen LogP contribution in [-0.2, 0) is 9.84 Å². The van der Waals surface area contributed by atoms with Crippen LogP contribution in [0.3, 0.4) is 0 Å². The molecule has 1 atom stereocenters. The van der Waals surface area contributed by atoms with Crippen LogP contribution in [0.4, 0.5) is 5.69 Å². The van der Waals surface area contributed by atoms with Gasteiger partial charge in [-0.3, -0.25) is 0 Å². The van der Waals surface area contributed by atoms with Gasteiger partial charge >= 0.3 is 0 Å². The number of benzene rings is 1. The molecule has 0 amide bonds. The number of hydrogen-bond acceptors (Lipinski definition) is 4. The first-order valence-electron chi connectivity index (χ1n) is 4.78. The van der Waals surface area contributed by atoms with Gasteiger partial charge in [0, 0.05) is 0 Å². The maximum absolute atomic E-state index is 11.2. The number of ether oxygens (including phenoxy) is 1. The van der Waals surface area contributed by atoms with Crippen molar-refractivity contribution in [3.05, 3.63) is 24.3 Å². The van der Waals surface area contributed by atoms with E-state index in [0.29, 0.717) is 17.9 Å². The van der Waals surface area contributed by atoms with Crippen molar-refractivity contribution in [2.45, 2.75) is 12.5 Å². The second-order valence-electron chi connectivity index (χ2n) is 3.68. The minimum Gasteiger partial charge on any atom is -0.487 e. The first-order chi connectivity index (χ1) is 7.07. The van der Waals surface area contributed by atoms with E-state index < -0.39 is 9.84 Å². The minimum absolute atomic E-state index is 0.0985. The summed E-state index contributed by atoms with van der Waals surface area (Å²) in [7, 11) is -2.89. The van der Waals surface area contributed by atoms with E-state index in [1.165, 1.54) is 0 Å². The lowest BCUT2D eigenvalue weighted by atomic mass is 10.3. The number of anilines is 1. The van der Waals surface area contributed by atoms with Crippen molar-refractivity contribution >= 4 is 15.5 Å². The Kier molecular flexibility index (Phi) is 2.56. The van der Waals surface area contributed by atoms with Crippen molar-refractivity contribution < 1.29 is 13.2 Å². The Morgan fingerprint density at radius 1 is 1.33 bits per heavy atom. The fourth-order valence-corrected chi connectivity index (χ4v) is 3.21. The van der Waals surface area contributed by atoms with Crippen LogP contribution in [0.25, 0.3) is 0 Å². The van der Waals surface area contributed by atoms with E-state index in [2.05, 4.69) is 0 Å². The third kappa shape index (κ3) is 2.41. The van der Waals surface area contributed by atoms with E-state index in [0.717, 1.165) is 0 Å². The molecule has 1 heterocycles. The molecule has 4 nitrogen and oxygen atoms in total. The second kappa shape index (κ2) is 3.73. The third-order valence-corrected chi connectivity index (χ3v) is 4.14. The van der Waals surface area contributed by atoms with Crippen molar-refractivity contribution in [3.8, 4) is 5.75 Å². The summed E-state index contributed by atoms with van der Waals surface area (Å²) in [4.78, 5) is 0. The first kappa shape index (κ1) is 10.3. The summed E-state index contributed by atoms with van der Waals surface area (Å²) < 4.78 is 27.9. The van der Waals surface area contributed by atoms with E-state index in [1.54, 1.807) is 12.1 Å². The number of rotatable bonds is 2. The molecule has 5 heteroatoms. The number of nitrogen functional groups attached to an aromatic ring is 1. The van der Waals surface area contributed by atoms with Crippen molar-refractivity contribution in [1.29, 1.82) is 0 Å². The van der Waals surface area contributed by atoms with Crippen LogP contribution in [-0.4, -0.2) is 26.0 Å². The average Bonchev–Trinajstić information content (AvgIpc) is 2.50. The molecule has 0 spiro atoms. The summed E-state index contributed by atoms with van der Waals surface area (Å²) in [5.41, 5.74) is 6.24. The summed E-state index contributed by atoms with van der Waals surface area (Å²) in [6, 6.07) is 7.11. The van der Waals surface area contributed by atoms with Gasteiger partial charge in [-0.05, 0) is 18.6 Å². The number of sulfone groups is 1. The van der Waals surface area contributed by atoms with Crippen LogP contribution in [0.15, 0.2) is 24.3 Å². The Morgan fingerprint density at radius 2 is 2.07 bits per heavy atom. The van der Waals surface area contributed by atoms with E-state index in [-0.39, 0.29) is 17.6 Å². The molecule has 1 aromatic carbocycles. The van der Waals surface area contributed by atoms with E-state index in [9.17, 15) is 8.42 Å². The fourth-order valence-electron chi connectivity index (χ4n) is 1.62. The van der Waals surface area contributed by atoms with Gasteiger partial charge in [0.1, 0.15) is 11.9 Å². The fraction of sp³-hybridized carbons (Fsp3) is 0.400. The highest BCUT2D eigenvalue weighted by atomic mass is 32.2. The zero-order chi connectivity index (χ0) is 10.9. The number of nitrogens with two attached hydrogens (primary N) is 1. The zero-order valence-electron chi connectivity index (χ0n) is 8.22. The van der Waals surface area contributed by atoms with Gasteiger partial charge in [0.25, 0.3) is 0 Å². The molecule has 0 radical (unpaired) electrons. The Bertz CT molecular complexity index is 455. The van der Waals surface area contributed by atoms with Gasteiger partial charge in [0.05, 0.1) is 17.2 Å². The van der Waals surface area contributed by atoms with Gasteiger partial charge in [-0.1, -0.05) is 12.1 Å². The highest BCUT2D eigenvalue weighted by molar-refractivity contribution is 7.91. The van der Waals surface area contributed by atoms with Crippen molar-refractivity contribution in [3.63, 3.8) is 0 Å². The normalized spacial score (nSPS) is 23.9. The molecule has 1 aromatic rings. The third-order valence-electron chi connectivity index (χ3n) is 2.40. The molecule has 1 saturated heterocycles. The van der Waals surface area contributed by atoms with Gasteiger partial charge in [-0.15, -0.1) is 0 Å². The van der Waals surface area contributed by atoms with Gasteiger partial charge in [-0.2, -0.15) is 0 Å². The lowest BCUT2D eigenvalue weighted by Crippen LogP contribution is -2.18. The molecular formula is C10H13NO3S. The highest BCUT2D eigenvalue weighted by Gasteiger charge is 2.29. The Labute approximate surface area is 89.0 Å². The number of para-hydroxylation sites is 2. The summed E-state index contributed by atoms with van der Waals surface area (Å²) in [5.74, 6) is 0.880. The maximum Gasteiger partial charge on any atom is 0.154 e. The molecule has 15 heavy (non-hydrogen) atoms. The molecule has 1 aliphatic rings. The van der Waals surface area contributed by atoms with Crippen LogP contribution in [0.2, 0.25) is 0 Å². The largest absolute Gasteiger partial charge is 0.487 e.